The first-order valence-corrected chi connectivity index (χ1v) is 7.77. The Morgan fingerprint density at radius 3 is 2.95 bits per heavy atom. The van der Waals surface area contributed by atoms with Crippen molar-refractivity contribution >= 4 is 0 Å². The molecule has 1 aliphatic rings. The lowest BCUT2D eigenvalue weighted by Gasteiger charge is -2.32. The molecule has 5 nitrogen and oxygen atoms in total. The van der Waals surface area contributed by atoms with E-state index in [0.717, 1.165) is 55.8 Å². The van der Waals surface area contributed by atoms with Gasteiger partial charge >= 0.3 is 0 Å². The zero-order chi connectivity index (χ0) is 15.1. The fourth-order valence-electron chi connectivity index (χ4n) is 2.99. The SMILES string of the molecule is CCNCC1CCCN(Cc2nccc(OC)c2OC)C1. The van der Waals surface area contributed by atoms with Crippen LogP contribution >= 0.6 is 0 Å². The van der Waals surface area contributed by atoms with Gasteiger partial charge in [-0.1, -0.05) is 6.92 Å². The molecule has 0 radical (unpaired) electrons. The minimum Gasteiger partial charge on any atom is -0.493 e. The maximum atomic E-state index is 5.47. The lowest BCUT2D eigenvalue weighted by atomic mass is 9.98. The Morgan fingerprint density at radius 2 is 2.24 bits per heavy atom. The van der Waals surface area contributed by atoms with Crippen molar-refractivity contribution in [1.82, 2.24) is 15.2 Å². The molecule has 1 aromatic rings. The van der Waals surface area contributed by atoms with E-state index in [9.17, 15) is 0 Å². The second-order valence-electron chi connectivity index (χ2n) is 5.54. The number of hydrogen-bond acceptors (Lipinski definition) is 5. The van der Waals surface area contributed by atoms with Gasteiger partial charge in [0, 0.05) is 25.4 Å². The predicted molar refractivity (Wildman–Crippen MR) is 83.9 cm³/mol. The van der Waals surface area contributed by atoms with Crippen molar-refractivity contribution in [2.24, 2.45) is 5.92 Å². The summed E-state index contributed by atoms with van der Waals surface area (Å²) in [6, 6.07) is 1.84. The monoisotopic (exact) mass is 293 g/mol. The Hall–Kier alpha value is -1.33. The van der Waals surface area contributed by atoms with E-state index < -0.39 is 0 Å². The number of rotatable bonds is 7. The molecule has 0 saturated carbocycles. The maximum Gasteiger partial charge on any atom is 0.183 e. The number of nitrogens with zero attached hydrogens (tertiary/aromatic N) is 2. The molecular formula is C16H27N3O2. The maximum absolute atomic E-state index is 5.47. The molecule has 21 heavy (non-hydrogen) atoms. The van der Waals surface area contributed by atoms with Crippen LogP contribution in [0.3, 0.4) is 0 Å². The number of ether oxygens (including phenoxy) is 2. The van der Waals surface area contributed by atoms with Crippen LogP contribution in [0.1, 0.15) is 25.5 Å². The minimum absolute atomic E-state index is 0.732. The van der Waals surface area contributed by atoms with Gasteiger partial charge in [-0.05, 0) is 38.4 Å². The summed E-state index contributed by atoms with van der Waals surface area (Å²) in [6.07, 6.45) is 4.35. The first-order valence-electron chi connectivity index (χ1n) is 7.77. The van der Waals surface area contributed by atoms with Gasteiger partial charge in [0.1, 0.15) is 5.69 Å². The second-order valence-corrected chi connectivity index (χ2v) is 5.54. The summed E-state index contributed by atoms with van der Waals surface area (Å²) in [5.41, 5.74) is 0.959. The Balaban J connectivity index is 2.00. The number of nitrogens with one attached hydrogen (secondary N) is 1. The van der Waals surface area contributed by atoms with Gasteiger partial charge in [-0.3, -0.25) is 9.88 Å². The van der Waals surface area contributed by atoms with Gasteiger partial charge in [0.05, 0.1) is 14.2 Å². The smallest absolute Gasteiger partial charge is 0.183 e. The number of aromatic nitrogens is 1. The minimum atomic E-state index is 0.732. The molecule has 0 amide bonds. The molecule has 1 unspecified atom stereocenters. The number of pyridine rings is 1. The van der Waals surface area contributed by atoms with E-state index in [4.69, 9.17) is 9.47 Å². The van der Waals surface area contributed by atoms with Gasteiger partial charge in [-0.25, -0.2) is 0 Å². The molecule has 1 saturated heterocycles. The van der Waals surface area contributed by atoms with Crippen molar-refractivity contribution in [3.8, 4) is 11.5 Å². The molecule has 5 heteroatoms. The highest BCUT2D eigenvalue weighted by molar-refractivity contribution is 5.42. The molecule has 1 N–H and O–H groups in total. The van der Waals surface area contributed by atoms with E-state index in [1.807, 2.05) is 6.07 Å². The van der Waals surface area contributed by atoms with Crippen LogP contribution < -0.4 is 14.8 Å². The van der Waals surface area contributed by atoms with E-state index in [-0.39, 0.29) is 0 Å². The van der Waals surface area contributed by atoms with Gasteiger partial charge < -0.3 is 14.8 Å². The standard InChI is InChI=1S/C16H27N3O2/c1-4-17-10-13-6-5-9-19(11-13)12-14-16(21-3)15(20-2)7-8-18-14/h7-8,13,17H,4-6,9-12H2,1-3H3. The molecule has 0 aromatic carbocycles. The van der Waals surface area contributed by atoms with Crippen LogP contribution in [0.25, 0.3) is 0 Å². The summed E-state index contributed by atoms with van der Waals surface area (Å²) in [5, 5.41) is 3.46. The van der Waals surface area contributed by atoms with Crippen molar-refractivity contribution < 1.29 is 9.47 Å². The molecule has 1 aromatic heterocycles. The van der Waals surface area contributed by atoms with Crippen LogP contribution in [0.2, 0.25) is 0 Å². The van der Waals surface area contributed by atoms with Gasteiger partial charge in [-0.15, -0.1) is 0 Å². The predicted octanol–water partition coefficient (Wildman–Crippen LogP) is 1.92. The van der Waals surface area contributed by atoms with Crippen LogP contribution in [0.4, 0.5) is 0 Å². The third kappa shape index (κ3) is 4.32. The summed E-state index contributed by atoms with van der Waals surface area (Å²) in [6.45, 7) is 7.38. The van der Waals surface area contributed by atoms with Crippen LogP contribution in [0.5, 0.6) is 11.5 Å². The number of methoxy groups -OCH3 is 2. The lowest BCUT2D eigenvalue weighted by Crippen LogP contribution is -2.39. The first kappa shape index (κ1) is 16.0. The van der Waals surface area contributed by atoms with Gasteiger partial charge in [-0.2, -0.15) is 0 Å². The molecule has 1 atom stereocenters. The molecule has 0 bridgehead atoms. The van der Waals surface area contributed by atoms with E-state index in [0.29, 0.717) is 0 Å². The zero-order valence-corrected chi connectivity index (χ0v) is 13.4. The second kappa shape index (κ2) is 8.20. The third-order valence-electron chi connectivity index (χ3n) is 4.03. The van der Waals surface area contributed by atoms with E-state index in [1.54, 1.807) is 20.4 Å². The fraction of sp³-hybridized carbons (Fsp3) is 0.688. The van der Waals surface area contributed by atoms with Crippen molar-refractivity contribution in [1.29, 1.82) is 0 Å². The summed E-state index contributed by atoms with van der Waals surface area (Å²) in [5.74, 6) is 2.24. The molecular weight excluding hydrogens is 266 g/mol. The van der Waals surface area contributed by atoms with Crippen LogP contribution in [-0.2, 0) is 6.54 Å². The average molecular weight is 293 g/mol. The molecule has 1 aliphatic heterocycles. The number of hydrogen-bond donors (Lipinski definition) is 1. The van der Waals surface area contributed by atoms with E-state index in [2.05, 4.69) is 22.1 Å². The quantitative estimate of drug-likeness (QED) is 0.832. The van der Waals surface area contributed by atoms with Crippen molar-refractivity contribution in [2.75, 3.05) is 40.4 Å². The van der Waals surface area contributed by atoms with Crippen molar-refractivity contribution in [3.63, 3.8) is 0 Å². The highest BCUT2D eigenvalue weighted by Crippen LogP contribution is 2.30. The Labute approximate surface area is 127 Å². The van der Waals surface area contributed by atoms with Crippen LogP contribution in [0, 0.1) is 5.92 Å². The van der Waals surface area contributed by atoms with E-state index in [1.165, 1.54) is 12.8 Å². The average Bonchev–Trinajstić information content (AvgIpc) is 2.53. The summed E-state index contributed by atoms with van der Waals surface area (Å²) in [7, 11) is 3.34. The normalized spacial score (nSPS) is 19.5. The highest BCUT2D eigenvalue weighted by Gasteiger charge is 2.22. The Kier molecular flexibility index (Phi) is 6.26. The summed E-state index contributed by atoms with van der Waals surface area (Å²) < 4.78 is 10.8. The molecule has 2 rings (SSSR count). The molecule has 2 heterocycles. The lowest BCUT2D eigenvalue weighted by molar-refractivity contribution is 0.162. The van der Waals surface area contributed by atoms with Gasteiger partial charge in [0.2, 0.25) is 0 Å². The molecule has 0 spiro atoms. The Morgan fingerprint density at radius 1 is 1.38 bits per heavy atom. The first-order chi connectivity index (χ1) is 10.3. The van der Waals surface area contributed by atoms with E-state index >= 15 is 0 Å². The molecule has 118 valence electrons. The largest absolute Gasteiger partial charge is 0.493 e. The zero-order valence-electron chi connectivity index (χ0n) is 13.4. The van der Waals surface area contributed by atoms with Gasteiger partial charge in [0.15, 0.2) is 11.5 Å². The summed E-state index contributed by atoms with van der Waals surface area (Å²) in [4.78, 5) is 6.95. The number of likely N-dealkylation sites (tertiary alicyclic amines) is 1. The van der Waals surface area contributed by atoms with Crippen molar-refractivity contribution in [3.05, 3.63) is 18.0 Å². The third-order valence-corrected chi connectivity index (χ3v) is 4.03. The van der Waals surface area contributed by atoms with Crippen LogP contribution in [0.15, 0.2) is 12.3 Å². The van der Waals surface area contributed by atoms with Gasteiger partial charge in [0.25, 0.3) is 0 Å². The molecule has 0 aliphatic carbocycles. The topological polar surface area (TPSA) is 46.6 Å². The Bertz CT molecular complexity index is 440. The number of piperidine rings is 1. The highest BCUT2D eigenvalue weighted by atomic mass is 16.5. The van der Waals surface area contributed by atoms with Crippen molar-refractivity contribution in [2.45, 2.75) is 26.3 Å². The summed E-state index contributed by atoms with van der Waals surface area (Å²) >= 11 is 0. The fourth-order valence-corrected chi connectivity index (χ4v) is 2.99. The molecule has 1 fully saturated rings. The van der Waals surface area contributed by atoms with Crippen LogP contribution in [-0.4, -0.2) is 50.3 Å².